The number of nitrogens with one attached hydrogen (secondary N) is 1. The lowest BCUT2D eigenvalue weighted by molar-refractivity contribution is -0.112. The second kappa shape index (κ2) is 6.92. The predicted molar refractivity (Wildman–Crippen MR) is 98.8 cm³/mol. The smallest absolute Gasteiger partial charge is 0.266 e. The molecule has 6 heteroatoms. The molecule has 1 aromatic carbocycles. The SMILES string of the molecule is Cc1c(C=C(C#N)C(=O)Nc2cnc3ccccc3c2)cc(C#N)n1C. The molecule has 0 bridgehead atoms. The lowest BCUT2D eigenvalue weighted by Gasteiger charge is -2.05. The molecule has 0 spiro atoms. The highest BCUT2D eigenvalue weighted by atomic mass is 16.1. The minimum Gasteiger partial charge on any atom is -0.339 e. The highest BCUT2D eigenvalue weighted by Crippen LogP contribution is 2.19. The van der Waals surface area contributed by atoms with Gasteiger partial charge in [-0.05, 0) is 36.8 Å². The molecular weight excluding hydrogens is 326 g/mol. The van der Waals surface area contributed by atoms with Crippen LogP contribution in [0.3, 0.4) is 0 Å². The molecule has 0 unspecified atom stereocenters. The fourth-order valence-electron chi connectivity index (χ4n) is 2.62. The molecule has 0 aliphatic rings. The van der Waals surface area contributed by atoms with E-state index in [2.05, 4.69) is 16.4 Å². The maximum Gasteiger partial charge on any atom is 0.266 e. The van der Waals surface area contributed by atoms with Crippen molar-refractivity contribution in [2.45, 2.75) is 6.92 Å². The zero-order valence-corrected chi connectivity index (χ0v) is 14.3. The minimum atomic E-state index is -0.522. The summed E-state index contributed by atoms with van der Waals surface area (Å²) in [6.07, 6.45) is 3.04. The first-order chi connectivity index (χ1) is 12.5. The van der Waals surface area contributed by atoms with E-state index in [1.54, 1.807) is 29.9 Å². The molecule has 0 aliphatic carbocycles. The molecule has 0 radical (unpaired) electrons. The summed E-state index contributed by atoms with van der Waals surface area (Å²) in [5.74, 6) is -0.522. The van der Waals surface area contributed by atoms with Crippen LogP contribution in [0, 0.1) is 29.6 Å². The van der Waals surface area contributed by atoms with E-state index in [4.69, 9.17) is 5.26 Å². The molecule has 26 heavy (non-hydrogen) atoms. The number of carbonyl (C=O) groups excluding carboxylic acids is 1. The van der Waals surface area contributed by atoms with Gasteiger partial charge in [0.25, 0.3) is 5.91 Å². The summed E-state index contributed by atoms with van der Waals surface area (Å²) in [5.41, 5.74) is 3.21. The number of amides is 1. The van der Waals surface area contributed by atoms with Crippen LogP contribution in [0.5, 0.6) is 0 Å². The van der Waals surface area contributed by atoms with Crippen LogP contribution in [0.15, 0.2) is 48.2 Å². The maximum atomic E-state index is 12.5. The van der Waals surface area contributed by atoms with Crippen molar-refractivity contribution in [1.29, 1.82) is 10.5 Å². The van der Waals surface area contributed by atoms with Crippen LogP contribution in [0.1, 0.15) is 17.0 Å². The first-order valence-electron chi connectivity index (χ1n) is 7.88. The molecule has 0 saturated carbocycles. The number of benzene rings is 1. The van der Waals surface area contributed by atoms with Crippen LogP contribution >= 0.6 is 0 Å². The Morgan fingerprint density at radius 3 is 2.73 bits per heavy atom. The number of para-hydroxylation sites is 1. The number of nitrogens with zero attached hydrogens (tertiary/aromatic N) is 4. The second-order valence-electron chi connectivity index (χ2n) is 5.78. The Labute approximate surface area is 150 Å². The summed E-state index contributed by atoms with van der Waals surface area (Å²) >= 11 is 0. The van der Waals surface area contributed by atoms with Gasteiger partial charge in [0.15, 0.2) is 0 Å². The lowest BCUT2D eigenvalue weighted by Crippen LogP contribution is -2.13. The van der Waals surface area contributed by atoms with Gasteiger partial charge in [-0.25, -0.2) is 0 Å². The van der Waals surface area contributed by atoms with Crippen molar-refractivity contribution in [1.82, 2.24) is 9.55 Å². The van der Waals surface area contributed by atoms with E-state index in [9.17, 15) is 10.1 Å². The van der Waals surface area contributed by atoms with Crippen LogP contribution in [0.25, 0.3) is 17.0 Å². The van der Waals surface area contributed by atoms with Crippen LogP contribution < -0.4 is 5.32 Å². The largest absolute Gasteiger partial charge is 0.339 e. The molecule has 2 heterocycles. The quantitative estimate of drug-likeness (QED) is 0.584. The Morgan fingerprint density at radius 2 is 2.04 bits per heavy atom. The minimum absolute atomic E-state index is 0.0450. The van der Waals surface area contributed by atoms with Gasteiger partial charge in [-0.3, -0.25) is 9.78 Å². The molecule has 1 amide bonds. The third-order valence-corrected chi connectivity index (χ3v) is 4.20. The molecule has 0 atom stereocenters. The molecule has 1 N–H and O–H groups in total. The average molecular weight is 341 g/mol. The van der Waals surface area contributed by atoms with Crippen molar-refractivity contribution in [3.05, 3.63) is 65.1 Å². The number of hydrogen-bond donors (Lipinski definition) is 1. The van der Waals surface area contributed by atoms with Gasteiger partial charge in [0.05, 0.1) is 17.4 Å². The second-order valence-corrected chi connectivity index (χ2v) is 5.78. The van der Waals surface area contributed by atoms with E-state index >= 15 is 0 Å². The zero-order valence-electron chi connectivity index (χ0n) is 14.3. The topological polar surface area (TPSA) is 94.5 Å². The number of aromatic nitrogens is 2. The molecule has 0 aliphatic heterocycles. The van der Waals surface area contributed by atoms with Gasteiger partial charge >= 0.3 is 0 Å². The van der Waals surface area contributed by atoms with Crippen LogP contribution in [-0.4, -0.2) is 15.5 Å². The van der Waals surface area contributed by atoms with E-state index in [1.807, 2.05) is 37.3 Å². The molecule has 2 aromatic heterocycles. The first-order valence-corrected chi connectivity index (χ1v) is 7.88. The lowest BCUT2D eigenvalue weighted by atomic mass is 10.1. The number of nitriles is 2. The molecular formula is C20H15N5O. The Kier molecular flexibility index (Phi) is 4.51. The van der Waals surface area contributed by atoms with Gasteiger partial charge in [-0.2, -0.15) is 10.5 Å². The van der Waals surface area contributed by atoms with Gasteiger partial charge in [0, 0.05) is 18.1 Å². The van der Waals surface area contributed by atoms with E-state index in [0.717, 1.165) is 16.6 Å². The molecule has 0 saturated heterocycles. The zero-order chi connectivity index (χ0) is 18.7. The summed E-state index contributed by atoms with van der Waals surface area (Å²) in [6.45, 7) is 1.83. The van der Waals surface area contributed by atoms with Gasteiger partial charge in [0.1, 0.15) is 23.4 Å². The van der Waals surface area contributed by atoms with Crippen molar-refractivity contribution in [2.24, 2.45) is 7.05 Å². The number of rotatable bonds is 3. The Bertz CT molecular complexity index is 1130. The van der Waals surface area contributed by atoms with Crippen molar-refractivity contribution < 1.29 is 4.79 Å². The summed E-state index contributed by atoms with van der Waals surface area (Å²) in [4.78, 5) is 16.7. The third kappa shape index (κ3) is 3.17. The van der Waals surface area contributed by atoms with Crippen molar-refractivity contribution in [3.63, 3.8) is 0 Å². The summed E-state index contributed by atoms with van der Waals surface area (Å²) in [6, 6.07) is 15.0. The number of pyridine rings is 1. The van der Waals surface area contributed by atoms with E-state index < -0.39 is 5.91 Å². The number of hydrogen-bond acceptors (Lipinski definition) is 4. The summed E-state index contributed by atoms with van der Waals surface area (Å²) in [7, 11) is 1.76. The van der Waals surface area contributed by atoms with Gasteiger partial charge in [-0.15, -0.1) is 0 Å². The Hall–Kier alpha value is -3.90. The van der Waals surface area contributed by atoms with E-state index in [0.29, 0.717) is 16.9 Å². The third-order valence-electron chi connectivity index (χ3n) is 4.20. The van der Waals surface area contributed by atoms with Crippen LogP contribution in [-0.2, 0) is 11.8 Å². The molecule has 3 aromatic rings. The fourth-order valence-corrected chi connectivity index (χ4v) is 2.62. The molecule has 126 valence electrons. The number of carbonyl (C=O) groups is 1. The fraction of sp³-hybridized carbons (Fsp3) is 0.100. The molecule has 3 rings (SSSR count). The van der Waals surface area contributed by atoms with Crippen molar-refractivity contribution in [3.8, 4) is 12.1 Å². The van der Waals surface area contributed by atoms with Crippen molar-refractivity contribution >= 4 is 28.6 Å². The van der Waals surface area contributed by atoms with Gasteiger partial charge in [-0.1, -0.05) is 18.2 Å². The Balaban J connectivity index is 1.89. The summed E-state index contributed by atoms with van der Waals surface area (Å²) < 4.78 is 1.71. The van der Waals surface area contributed by atoms with Gasteiger partial charge < -0.3 is 9.88 Å². The number of anilines is 1. The van der Waals surface area contributed by atoms with Crippen LogP contribution in [0.4, 0.5) is 5.69 Å². The van der Waals surface area contributed by atoms with Gasteiger partial charge in [0.2, 0.25) is 0 Å². The average Bonchev–Trinajstić information content (AvgIpc) is 2.93. The normalized spacial score (nSPS) is 11.0. The van der Waals surface area contributed by atoms with E-state index in [1.165, 1.54) is 6.08 Å². The predicted octanol–water partition coefficient (Wildman–Crippen LogP) is 3.30. The summed E-state index contributed by atoms with van der Waals surface area (Å²) in [5, 5.41) is 22.1. The van der Waals surface area contributed by atoms with Crippen molar-refractivity contribution in [2.75, 3.05) is 5.32 Å². The monoisotopic (exact) mass is 341 g/mol. The van der Waals surface area contributed by atoms with E-state index in [-0.39, 0.29) is 5.57 Å². The standard InChI is InChI=1S/C20H15N5O/c1-13-15(9-18(11-22)25(13)2)7-16(10-21)20(26)24-17-8-14-5-3-4-6-19(14)23-12-17/h3-9,12H,1-2H3,(H,24,26). The van der Waals surface area contributed by atoms with Crippen LogP contribution in [0.2, 0.25) is 0 Å². The molecule has 0 fully saturated rings. The highest BCUT2D eigenvalue weighted by Gasteiger charge is 2.13. The highest BCUT2D eigenvalue weighted by molar-refractivity contribution is 6.10. The first kappa shape index (κ1) is 16.9. The Morgan fingerprint density at radius 1 is 1.27 bits per heavy atom. The molecule has 6 nitrogen and oxygen atoms in total. The number of fused-ring (bicyclic) bond motifs is 1. The maximum absolute atomic E-state index is 12.5.